The Labute approximate surface area is 185 Å². The number of amides is 1. The molecule has 1 N–H and O–H groups in total. The minimum Gasteiger partial charge on any atom is -0.455 e. The molecule has 0 spiro atoms. The van der Waals surface area contributed by atoms with Crippen LogP contribution in [0.2, 0.25) is 0 Å². The number of hydrogen-bond donors (Lipinski definition) is 1. The smallest absolute Gasteiger partial charge is 0.312 e. The summed E-state index contributed by atoms with van der Waals surface area (Å²) in [6.45, 7) is 2.05. The van der Waals surface area contributed by atoms with Crippen LogP contribution >= 0.6 is 11.6 Å². The summed E-state index contributed by atoms with van der Waals surface area (Å²) in [5.74, 6) is 3.42. The number of alkyl halides is 1. The first kappa shape index (κ1) is 19.9. The Kier molecular flexibility index (Phi) is 4.39. The van der Waals surface area contributed by atoms with Crippen LogP contribution < -0.4 is 5.32 Å². The average Bonchev–Trinajstić information content (AvgIpc) is 2.63. The molecule has 0 aliphatic heterocycles. The standard InChI is InChI=1S/C25H36ClNO3/c1-15(23-6-16-2-17(7-23)4-18(3-16)8-23)27-21(28)13-30-22(29)24-9-19-5-20(10-24)12-25(26,11-19)14-24/h15-20H,2-14H2,1H3,(H,27,28)/t15-,16?,17?,18?,19-,20-,23?,24?,25?/m0/s1. The highest BCUT2D eigenvalue weighted by Gasteiger charge is 2.61. The molecular formula is C25H36ClNO3. The van der Waals surface area contributed by atoms with Crippen LogP contribution in [0.15, 0.2) is 0 Å². The van der Waals surface area contributed by atoms with Gasteiger partial charge in [0.15, 0.2) is 6.61 Å². The van der Waals surface area contributed by atoms with Gasteiger partial charge >= 0.3 is 5.97 Å². The molecule has 0 aromatic rings. The number of esters is 1. The normalized spacial score (nSPS) is 51.1. The minimum atomic E-state index is -0.433. The maximum absolute atomic E-state index is 13.1. The van der Waals surface area contributed by atoms with Gasteiger partial charge in [-0.3, -0.25) is 9.59 Å². The Morgan fingerprint density at radius 1 is 0.900 bits per heavy atom. The second-order valence-electron chi connectivity index (χ2n) is 12.5. The number of hydrogen-bond acceptors (Lipinski definition) is 3. The Hall–Kier alpha value is -0.770. The molecular weight excluding hydrogens is 398 g/mol. The highest BCUT2D eigenvalue weighted by atomic mass is 35.5. The zero-order chi connectivity index (χ0) is 20.7. The average molecular weight is 434 g/mol. The van der Waals surface area contributed by atoms with Crippen LogP contribution in [0, 0.1) is 40.4 Å². The van der Waals surface area contributed by atoms with Crippen molar-refractivity contribution in [3.63, 3.8) is 0 Å². The fraction of sp³-hybridized carbons (Fsp3) is 0.920. The van der Waals surface area contributed by atoms with E-state index in [1.807, 2.05) is 0 Å². The van der Waals surface area contributed by atoms with Crippen molar-refractivity contribution in [3.8, 4) is 0 Å². The molecule has 8 aliphatic rings. The monoisotopic (exact) mass is 433 g/mol. The molecule has 3 atom stereocenters. The molecule has 4 nitrogen and oxygen atoms in total. The zero-order valence-corrected chi connectivity index (χ0v) is 19.0. The highest BCUT2D eigenvalue weighted by Crippen LogP contribution is 2.64. The summed E-state index contributed by atoms with van der Waals surface area (Å²) < 4.78 is 5.64. The van der Waals surface area contributed by atoms with Crippen molar-refractivity contribution in [1.82, 2.24) is 5.32 Å². The molecule has 166 valence electrons. The van der Waals surface area contributed by atoms with E-state index in [9.17, 15) is 9.59 Å². The predicted molar refractivity (Wildman–Crippen MR) is 115 cm³/mol. The summed E-state index contributed by atoms with van der Waals surface area (Å²) in [7, 11) is 0. The summed E-state index contributed by atoms with van der Waals surface area (Å²) in [6.07, 6.45) is 13.9. The lowest BCUT2D eigenvalue weighted by atomic mass is 9.48. The molecule has 8 saturated carbocycles. The highest BCUT2D eigenvalue weighted by molar-refractivity contribution is 6.24. The number of rotatable bonds is 5. The van der Waals surface area contributed by atoms with Gasteiger partial charge in [-0.2, -0.15) is 0 Å². The fourth-order valence-electron chi connectivity index (χ4n) is 9.82. The summed E-state index contributed by atoms with van der Waals surface area (Å²) in [5, 5.41) is 3.23. The maximum atomic E-state index is 13.1. The van der Waals surface area contributed by atoms with Crippen LogP contribution in [0.25, 0.3) is 0 Å². The SMILES string of the molecule is C[C@H](NC(=O)COC(=O)C12C[C@@H]3C[C@H](CC(Cl)(C3)C1)C2)C12CC3CC(CC(C3)C1)C2. The van der Waals surface area contributed by atoms with E-state index in [-0.39, 0.29) is 34.8 Å². The van der Waals surface area contributed by atoms with Crippen LogP contribution in [0.3, 0.4) is 0 Å². The van der Waals surface area contributed by atoms with Crippen molar-refractivity contribution >= 4 is 23.5 Å². The molecule has 0 saturated heterocycles. The summed E-state index contributed by atoms with van der Waals surface area (Å²) in [6, 6.07) is 0.169. The van der Waals surface area contributed by atoms with Crippen molar-refractivity contribution in [2.75, 3.05) is 6.61 Å². The van der Waals surface area contributed by atoms with Gasteiger partial charge in [0.2, 0.25) is 0 Å². The number of nitrogens with one attached hydrogen (secondary N) is 1. The third kappa shape index (κ3) is 3.14. The molecule has 8 fully saturated rings. The van der Waals surface area contributed by atoms with Gasteiger partial charge in [-0.1, -0.05) is 0 Å². The molecule has 5 heteroatoms. The van der Waals surface area contributed by atoms with E-state index in [4.69, 9.17) is 16.3 Å². The Bertz CT molecular complexity index is 714. The van der Waals surface area contributed by atoms with Crippen LogP contribution in [0.4, 0.5) is 0 Å². The summed E-state index contributed by atoms with van der Waals surface area (Å²) >= 11 is 6.86. The molecule has 0 radical (unpaired) electrons. The van der Waals surface area contributed by atoms with Gasteiger partial charge in [-0.05, 0) is 119 Å². The van der Waals surface area contributed by atoms with E-state index in [0.717, 1.165) is 49.9 Å². The van der Waals surface area contributed by atoms with Crippen LogP contribution in [-0.2, 0) is 14.3 Å². The lowest BCUT2D eigenvalue weighted by Gasteiger charge is -2.59. The quantitative estimate of drug-likeness (QED) is 0.499. The van der Waals surface area contributed by atoms with Crippen molar-refractivity contribution in [3.05, 3.63) is 0 Å². The van der Waals surface area contributed by atoms with Gasteiger partial charge in [-0.25, -0.2) is 0 Å². The number of carbonyl (C=O) groups excluding carboxylic acids is 2. The molecule has 30 heavy (non-hydrogen) atoms. The molecule has 1 amide bonds. The molecule has 0 heterocycles. The third-order valence-corrected chi connectivity index (χ3v) is 10.6. The topological polar surface area (TPSA) is 55.4 Å². The van der Waals surface area contributed by atoms with E-state index in [1.165, 1.54) is 44.9 Å². The minimum absolute atomic E-state index is 0.128. The Morgan fingerprint density at radius 2 is 1.43 bits per heavy atom. The van der Waals surface area contributed by atoms with Gasteiger partial charge < -0.3 is 10.1 Å². The van der Waals surface area contributed by atoms with E-state index >= 15 is 0 Å². The largest absolute Gasteiger partial charge is 0.455 e. The maximum Gasteiger partial charge on any atom is 0.312 e. The van der Waals surface area contributed by atoms with Crippen LogP contribution in [-0.4, -0.2) is 29.4 Å². The lowest BCUT2D eigenvalue weighted by molar-refractivity contribution is -0.172. The first-order chi connectivity index (χ1) is 14.2. The number of carbonyl (C=O) groups is 2. The van der Waals surface area contributed by atoms with E-state index in [2.05, 4.69) is 12.2 Å². The van der Waals surface area contributed by atoms with Crippen LogP contribution in [0.1, 0.15) is 84.0 Å². The van der Waals surface area contributed by atoms with Crippen molar-refractivity contribution in [2.24, 2.45) is 40.4 Å². The Balaban J connectivity index is 1.06. The van der Waals surface area contributed by atoms with Crippen molar-refractivity contribution < 1.29 is 14.3 Å². The van der Waals surface area contributed by atoms with Gasteiger partial charge in [0, 0.05) is 10.9 Å². The fourth-order valence-corrected chi connectivity index (χ4v) is 10.5. The summed E-state index contributed by atoms with van der Waals surface area (Å²) in [5.41, 5.74) is -0.156. The van der Waals surface area contributed by atoms with Gasteiger partial charge in [0.05, 0.1) is 5.41 Å². The van der Waals surface area contributed by atoms with Gasteiger partial charge in [0.25, 0.3) is 5.91 Å². The molecule has 0 unspecified atom stereocenters. The van der Waals surface area contributed by atoms with Crippen molar-refractivity contribution in [1.29, 1.82) is 0 Å². The molecule has 0 aromatic heterocycles. The zero-order valence-electron chi connectivity index (χ0n) is 18.3. The molecule has 8 aliphatic carbocycles. The third-order valence-electron chi connectivity index (χ3n) is 10.1. The first-order valence-electron chi connectivity index (χ1n) is 12.4. The van der Waals surface area contributed by atoms with Gasteiger partial charge in [0.1, 0.15) is 0 Å². The molecule has 8 bridgehead atoms. The number of halogens is 1. The van der Waals surface area contributed by atoms with E-state index < -0.39 is 5.41 Å². The van der Waals surface area contributed by atoms with Gasteiger partial charge in [-0.15, -0.1) is 11.6 Å². The van der Waals surface area contributed by atoms with E-state index in [1.54, 1.807) is 0 Å². The van der Waals surface area contributed by atoms with E-state index in [0.29, 0.717) is 11.8 Å². The number of ether oxygens (including phenoxy) is 1. The first-order valence-corrected chi connectivity index (χ1v) is 12.8. The Morgan fingerprint density at radius 3 is 1.97 bits per heavy atom. The van der Waals surface area contributed by atoms with Crippen LogP contribution in [0.5, 0.6) is 0 Å². The lowest BCUT2D eigenvalue weighted by Crippen LogP contribution is -2.57. The van der Waals surface area contributed by atoms with Crippen molar-refractivity contribution in [2.45, 2.75) is 94.9 Å². The second-order valence-corrected chi connectivity index (χ2v) is 13.3. The predicted octanol–water partition coefficient (Wildman–Crippen LogP) is 4.83. The molecule has 0 aromatic carbocycles. The molecule has 8 rings (SSSR count). The summed E-state index contributed by atoms with van der Waals surface area (Å²) in [4.78, 5) is 25.6. The second kappa shape index (κ2) is 6.62.